The molecule has 1 fully saturated rings. The van der Waals surface area contributed by atoms with E-state index in [1.165, 1.54) is 0 Å². The second kappa shape index (κ2) is 3.70. The number of para-hydroxylation sites is 1. The average molecular weight is 243 g/mol. The summed E-state index contributed by atoms with van der Waals surface area (Å²) in [6.45, 7) is 0.275. The Kier molecular flexibility index (Phi) is 2.03. The molecule has 0 N–H and O–H groups in total. The third kappa shape index (κ3) is 1.38. The van der Waals surface area contributed by atoms with E-state index in [-0.39, 0.29) is 19.0 Å². The molecule has 1 radical (unpaired) electrons. The van der Waals surface area contributed by atoms with Gasteiger partial charge in [-0.3, -0.25) is 0 Å². The van der Waals surface area contributed by atoms with Crippen LogP contribution in [-0.2, 0) is 9.47 Å². The normalized spacial score (nSPS) is 27.2. The lowest BCUT2D eigenvalue weighted by Gasteiger charge is -2.12. The lowest BCUT2D eigenvalue weighted by molar-refractivity contribution is 0.139. The number of hydrogen-bond acceptors (Lipinski definition) is 4. The Morgan fingerprint density at radius 2 is 2.17 bits per heavy atom. The van der Waals surface area contributed by atoms with E-state index in [9.17, 15) is 0 Å². The standard InChI is InChI=1S/C14H11O4/c1-3-9(14-11(4-1)16-8-17-14)12-7-13-10(18-12)5-2-6-15-13/h1,3-6,12-13H,7-8H2. The summed E-state index contributed by atoms with van der Waals surface area (Å²) in [5.74, 6) is 2.41. The van der Waals surface area contributed by atoms with Gasteiger partial charge in [-0.25, -0.2) is 0 Å². The molecule has 2 atom stereocenters. The van der Waals surface area contributed by atoms with E-state index in [1.54, 1.807) is 6.26 Å². The first kappa shape index (κ1) is 9.88. The van der Waals surface area contributed by atoms with E-state index in [4.69, 9.17) is 18.9 Å². The van der Waals surface area contributed by atoms with Crippen molar-refractivity contribution in [2.45, 2.75) is 18.6 Å². The Labute approximate surface area is 104 Å². The molecule has 2 unspecified atom stereocenters. The van der Waals surface area contributed by atoms with Gasteiger partial charge in [-0.1, -0.05) is 12.1 Å². The SMILES string of the molecule is [C]1=COC2CC(c3cccc4c3OCO4)OC2=C1. The summed E-state index contributed by atoms with van der Waals surface area (Å²) in [5.41, 5.74) is 1.02. The monoisotopic (exact) mass is 243 g/mol. The van der Waals surface area contributed by atoms with E-state index in [0.717, 1.165) is 29.2 Å². The molecule has 0 saturated carbocycles. The highest BCUT2D eigenvalue weighted by Crippen LogP contribution is 2.45. The Morgan fingerprint density at radius 3 is 3.11 bits per heavy atom. The van der Waals surface area contributed by atoms with E-state index < -0.39 is 0 Å². The van der Waals surface area contributed by atoms with Crippen LogP contribution in [0.3, 0.4) is 0 Å². The van der Waals surface area contributed by atoms with Gasteiger partial charge in [0, 0.05) is 18.1 Å². The lowest BCUT2D eigenvalue weighted by Crippen LogP contribution is -2.09. The van der Waals surface area contributed by atoms with Gasteiger partial charge in [0.1, 0.15) is 11.9 Å². The molecule has 4 rings (SSSR count). The van der Waals surface area contributed by atoms with Gasteiger partial charge in [0.15, 0.2) is 17.6 Å². The minimum Gasteiger partial charge on any atom is -0.489 e. The highest BCUT2D eigenvalue weighted by atomic mass is 16.7. The van der Waals surface area contributed by atoms with E-state index >= 15 is 0 Å². The zero-order valence-electron chi connectivity index (χ0n) is 9.59. The van der Waals surface area contributed by atoms with Crippen molar-refractivity contribution in [3.63, 3.8) is 0 Å². The van der Waals surface area contributed by atoms with Crippen LogP contribution in [0.5, 0.6) is 11.5 Å². The number of ether oxygens (including phenoxy) is 4. The largest absolute Gasteiger partial charge is 0.489 e. The second-order valence-electron chi connectivity index (χ2n) is 4.38. The maximum absolute atomic E-state index is 5.89. The maximum Gasteiger partial charge on any atom is 0.231 e. The van der Waals surface area contributed by atoms with Crippen LogP contribution in [0.4, 0.5) is 0 Å². The summed E-state index contributed by atoms with van der Waals surface area (Å²) in [4.78, 5) is 0. The van der Waals surface area contributed by atoms with Gasteiger partial charge in [-0.15, -0.1) is 0 Å². The van der Waals surface area contributed by atoms with Gasteiger partial charge in [-0.2, -0.15) is 0 Å². The molecule has 1 saturated heterocycles. The third-order valence-corrected chi connectivity index (χ3v) is 3.32. The highest BCUT2D eigenvalue weighted by molar-refractivity contribution is 5.49. The first-order valence-electron chi connectivity index (χ1n) is 5.90. The van der Waals surface area contributed by atoms with Crippen molar-refractivity contribution >= 4 is 0 Å². The van der Waals surface area contributed by atoms with Crippen LogP contribution in [0.25, 0.3) is 0 Å². The Bertz CT molecular complexity index is 547. The summed E-state index contributed by atoms with van der Waals surface area (Å²) in [6.07, 6.45) is 7.02. The predicted molar refractivity (Wildman–Crippen MR) is 61.8 cm³/mol. The highest BCUT2D eigenvalue weighted by Gasteiger charge is 2.36. The first-order chi connectivity index (χ1) is 8.92. The van der Waals surface area contributed by atoms with Crippen LogP contribution in [0.15, 0.2) is 36.3 Å². The van der Waals surface area contributed by atoms with Gasteiger partial charge >= 0.3 is 0 Å². The fourth-order valence-corrected chi connectivity index (χ4v) is 2.48. The molecule has 0 aromatic heterocycles. The van der Waals surface area contributed by atoms with Gasteiger partial charge in [0.2, 0.25) is 6.79 Å². The summed E-state index contributed by atoms with van der Waals surface area (Å²) in [6, 6.07) is 5.86. The zero-order chi connectivity index (χ0) is 11.9. The molecule has 0 spiro atoms. The summed E-state index contributed by atoms with van der Waals surface area (Å²) < 4.78 is 22.3. The number of rotatable bonds is 1. The minimum absolute atomic E-state index is 0.00516. The first-order valence-corrected chi connectivity index (χ1v) is 5.90. The van der Waals surface area contributed by atoms with Crippen molar-refractivity contribution in [3.8, 4) is 11.5 Å². The Balaban J connectivity index is 1.68. The van der Waals surface area contributed by atoms with Crippen molar-refractivity contribution in [1.29, 1.82) is 0 Å². The summed E-state index contributed by atoms with van der Waals surface area (Å²) in [7, 11) is 0. The second-order valence-corrected chi connectivity index (χ2v) is 4.38. The smallest absolute Gasteiger partial charge is 0.231 e. The van der Waals surface area contributed by atoms with Crippen LogP contribution >= 0.6 is 0 Å². The number of allylic oxidation sites excluding steroid dienone is 2. The fraction of sp³-hybridized carbons (Fsp3) is 0.286. The van der Waals surface area contributed by atoms with Crippen LogP contribution < -0.4 is 9.47 Å². The van der Waals surface area contributed by atoms with Crippen LogP contribution in [-0.4, -0.2) is 12.9 Å². The molecule has 0 bridgehead atoms. The van der Waals surface area contributed by atoms with Crippen molar-refractivity contribution in [2.75, 3.05) is 6.79 Å². The molecule has 4 heteroatoms. The maximum atomic E-state index is 5.89. The van der Waals surface area contributed by atoms with Crippen LogP contribution in [0.2, 0.25) is 0 Å². The van der Waals surface area contributed by atoms with Gasteiger partial charge in [0.25, 0.3) is 0 Å². The van der Waals surface area contributed by atoms with Crippen molar-refractivity contribution in [2.24, 2.45) is 0 Å². The molecule has 3 aliphatic heterocycles. The molecule has 3 heterocycles. The molecule has 4 nitrogen and oxygen atoms in total. The predicted octanol–water partition coefficient (Wildman–Crippen LogP) is 2.48. The molecule has 91 valence electrons. The van der Waals surface area contributed by atoms with Crippen molar-refractivity contribution in [1.82, 2.24) is 0 Å². The van der Waals surface area contributed by atoms with Crippen LogP contribution in [0, 0.1) is 6.08 Å². The minimum atomic E-state index is -0.0498. The molecule has 0 amide bonds. The van der Waals surface area contributed by atoms with Gasteiger partial charge < -0.3 is 18.9 Å². The van der Waals surface area contributed by atoms with E-state index in [0.29, 0.717) is 0 Å². The van der Waals surface area contributed by atoms with E-state index in [2.05, 4.69) is 6.08 Å². The van der Waals surface area contributed by atoms with Gasteiger partial charge in [-0.05, 0) is 12.1 Å². The van der Waals surface area contributed by atoms with Crippen molar-refractivity contribution in [3.05, 3.63) is 47.9 Å². The summed E-state index contributed by atoms with van der Waals surface area (Å²) in [5, 5.41) is 0. The van der Waals surface area contributed by atoms with Crippen molar-refractivity contribution < 1.29 is 18.9 Å². The van der Waals surface area contributed by atoms with E-state index in [1.807, 2.05) is 24.3 Å². The van der Waals surface area contributed by atoms with Gasteiger partial charge in [0.05, 0.1) is 6.26 Å². The number of hydrogen-bond donors (Lipinski definition) is 0. The van der Waals surface area contributed by atoms with Crippen LogP contribution in [0.1, 0.15) is 18.1 Å². The molecular formula is C14H11O4. The molecular weight excluding hydrogens is 232 g/mol. The lowest BCUT2D eigenvalue weighted by atomic mass is 10.0. The Hall–Kier alpha value is -2.10. The quantitative estimate of drug-likeness (QED) is 0.759. The zero-order valence-corrected chi connectivity index (χ0v) is 9.59. The average Bonchev–Trinajstić information content (AvgIpc) is 3.04. The molecule has 1 aromatic carbocycles. The molecule has 18 heavy (non-hydrogen) atoms. The topological polar surface area (TPSA) is 36.9 Å². The number of benzene rings is 1. The Morgan fingerprint density at radius 1 is 1.17 bits per heavy atom. The number of fused-ring (bicyclic) bond motifs is 2. The third-order valence-electron chi connectivity index (χ3n) is 3.32. The molecule has 0 aliphatic carbocycles. The molecule has 3 aliphatic rings. The summed E-state index contributed by atoms with van der Waals surface area (Å²) >= 11 is 0. The molecule has 1 aromatic rings. The fourth-order valence-electron chi connectivity index (χ4n) is 2.48.